The maximum Gasteiger partial charge on any atom is 0.326 e. The predicted molar refractivity (Wildman–Crippen MR) is 141 cm³/mol. The van der Waals surface area contributed by atoms with Gasteiger partial charge in [-0.3, -0.25) is 4.55 Å². The van der Waals surface area contributed by atoms with E-state index in [-0.39, 0.29) is 4.75 Å². The molecule has 1 aromatic heterocycles. The van der Waals surface area contributed by atoms with Gasteiger partial charge in [-0.05, 0) is 62.8 Å². The lowest BCUT2D eigenvalue weighted by atomic mass is 9.87. The van der Waals surface area contributed by atoms with E-state index in [1.165, 1.54) is 16.4 Å². The molecule has 2 heterocycles. The fourth-order valence-electron chi connectivity index (χ4n) is 4.54. The molecule has 1 saturated heterocycles. The Balaban J connectivity index is 1.71. The van der Waals surface area contributed by atoms with Crippen molar-refractivity contribution in [2.75, 3.05) is 13.1 Å². The molecule has 4 rings (SSSR count). The highest BCUT2D eigenvalue weighted by Crippen LogP contribution is 2.51. The van der Waals surface area contributed by atoms with Crippen molar-refractivity contribution < 1.29 is 17.5 Å². The van der Waals surface area contributed by atoms with Crippen molar-refractivity contribution in [3.8, 4) is 0 Å². The molecule has 1 N–H and O–H groups in total. The molecule has 0 atom stereocenters. The summed E-state index contributed by atoms with van der Waals surface area (Å²) in [7, 11) is -4.22. The fourth-order valence-corrected chi connectivity index (χ4v) is 8.37. The molecule has 5 nitrogen and oxygen atoms in total. The topological polar surface area (TPSA) is 61.5 Å². The highest BCUT2D eigenvalue weighted by atomic mass is 35.5. The Hall–Kier alpha value is -0.770. The van der Waals surface area contributed by atoms with Crippen molar-refractivity contribution in [3.63, 3.8) is 0 Å². The molecule has 1 aromatic carbocycles. The van der Waals surface area contributed by atoms with Crippen LogP contribution >= 0.6 is 46.3 Å². The van der Waals surface area contributed by atoms with Crippen LogP contribution in [0.5, 0.6) is 0 Å². The number of benzene rings is 1. The summed E-state index contributed by atoms with van der Waals surface area (Å²) in [5.41, 5.74) is 1.81. The van der Waals surface area contributed by atoms with Crippen LogP contribution in [0.15, 0.2) is 34.9 Å². The van der Waals surface area contributed by atoms with Crippen molar-refractivity contribution in [2.45, 2.75) is 62.0 Å². The molecule has 1 spiro atoms. The number of halogens is 2. The van der Waals surface area contributed by atoms with E-state index in [4.69, 9.17) is 23.2 Å². The number of aromatic nitrogens is 1. The summed E-state index contributed by atoms with van der Waals surface area (Å²) < 4.78 is 35.8. The lowest BCUT2D eigenvalue weighted by molar-refractivity contribution is -0.649. The molecule has 0 unspecified atom stereocenters. The molecule has 180 valence electrons. The van der Waals surface area contributed by atoms with E-state index in [1.54, 1.807) is 16.7 Å². The van der Waals surface area contributed by atoms with Gasteiger partial charge in [0.25, 0.3) is 10.9 Å². The molecule has 1 aliphatic carbocycles. The molecule has 1 saturated carbocycles. The van der Waals surface area contributed by atoms with Crippen LogP contribution in [-0.4, -0.2) is 41.1 Å². The monoisotopic (exact) mass is 547 g/mol. The number of thioether (sulfide) groups is 1. The number of alkyl halides is 1. The molecule has 1 aliphatic heterocycles. The van der Waals surface area contributed by atoms with Crippen LogP contribution in [0, 0.1) is 0 Å². The number of allylic oxidation sites excluding steroid dienone is 2. The first-order chi connectivity index (χ1) is 15.6. The molecular weight excluding hydrogens is 519 g/mol. The van der Waals surface area contributed by atoms with Crippen molar-refractivity contribution in [2.24, 2.45) is 0 Å². The van der Waals surface area contributed by atoms with Gasteiger partial charge in [0.15, 0.2) is 0 Å². The predicted octanol–water partition coefficient (Wildman–Crippen LogP) is 6.31. The zero-order valence-electron chi connectivity index (χ0n) is 18.8. The molecule has 2 fully saturated rings. The van der Waals surface area contributed by atoms with E-state index in [2.05, 4.69) is 24.8 Å². The van der Waals surface area contributed by atoms with Crippen LogP contribution in [0.3, 0.4) is 0 Å². The summed E-state index contributed by atoms with van der Waals surface area (Å²) in [4.78, 5) is 2.44. The van der Waals surface area contributed by atoms with Crippen LogP contribution in [0.4, 0.5) is 0 Å². The van der Waals surface area contributed by atoms with E-state index in [0.717, 1.165) is 60.5 Å². The van der Waals surface area contributed by atoms with Gasteiger partial charge >= 0.3 is 10.1 Å². The largest absolute Gasteiger partial charge is 0.365 e. The van der Waals surface area contributed by atoms with E-state index < -0.39 is 16.0 Å². The van der Waals surface area contributed by atoms with Crippen molar-refractivity contribution >= 4 is 72.7 Å². The summed E-state index contributed by atoms with van der Waals surface area (Å²) in [6, 6.07) is 5.41. The Bertz CT molecular complexity index is 1200. The first kappa shape index (κ1) is 25.3. The Morgan fingerprint density at radius 3 is 2.70 bits per heavy atom. The van der Waals surface area contributed by atoms with Gasteiger partial charge < -0.3 is 4.90 Å². The zero-order valence-corrected chi connectivity index (χ0v) is 22.7. The number of thiazole rings is 1. The van der Waals surface area contributed by atoms with Crippen molar-refractivity contribution in [1.82, 2.24) is 4.90 Å². The van der Waals surface area contributed by atoms with Crippen LogP contribution in [-0.2, 0) is 16.0 Å². The average molecular weight is 549 g/mol. The highest BCUT2D eigenvalue weighted by Gasteiger charge is 2.43. The summed E-state index contributed by atoms with van der Waals surface area (Å²) in [5, 5.41) is 2.85. The van der Waals surface area contributed by atoms with E-state index >= 15 is 0 Å². The molecule has 0 bridgehead atoms. The van der Waals surface area contributed by atoms with Gasteiger partial charge in [-0.1, -0.05) is 41.6 Å². The number of fused-ring (bicyclic) bond motifs is 1. The third-order valence-corrected chi connectivity index (χ3v) is 10.3. The summed E-state index contributed by atoms with van der Waals surface area (Å²) in [6.07, 6.45) is 9.48. The van der Waals surface area contributed by atoms with E-state index in [9.17, 15) is 13.0 Å². The Labute approximate surface area is 214 Å². The second-order valence-corrected chi connectivity index (χ2v) is 13.7. The highest BCUT2D eigenvalue weighted by molar-refractivity contribution is 8.04. The summed E-state index contributed by atoms with van der Waals surface area (Å²) in [6.45, 7) is 6.28. The maximum atomic E-state index is 11.7. The standard InChI is InChI=1S/C23H28Cl2N2O3S3/c1-3-16(11-21-26(4-2)14-23(32-21)9-7-17(24)8-10-23)12-22-27(15-33(28,29)30)19-13-18(25)5-6-20(19)31-22/h5-6,11-13,17H,3-4,7-10,14-15H2,1-2H3/p+1. The van der Waals surface area contributed by atoms with Crippen LogP contribution in [0.1, 0.15) is 51.0 Å². The number of rotatable bonds is 6. The average Bonchev–Trinajstić information content (AvgIpc) is 3.26. The molecule has 2 aromatic rings. The van der Waals surface area contributed by atoms with E-state index in [1.807, 2.05) is 23.9 Å². The van der Waals surface area contributed by atoms with Crippen LogP contribution in [0.25, 0.3) is 16.3 Å². The third kappa shape index (κ3) is 5.90. The Morgan fingerprint density at radius 2 is 2.06 bits per heavy atom. The lowest BCUT2D eigenvalue weighted by Crippen LogP contribution is -2.39. The minimum atomic E-state index is -4.22. The third-order valence-electron chi connectivity index (χ3n) is 6.33. The van der Waals surface area contributed by atoms with Gasteiger partial charge in [0.05, 0.1) is 5.03 Å². The maximum absolute atomic E-state index is 11.7. The Morgan fingerprint density at radius 1 is 1.33 bits per heavy atom. The van der Waals surface area contributed by atoms with Gasteiger partial charge in [0.1, 0.15) is 4.70 Å². The van der Waals surface area contributed by atoms with Crippen molar-refractivity contribution in [1.29, 1.82) is 0 Å². The van der Waals surface area contributed by atoms with Gasteiger partial charge in [-0.15, -0.1) is 11.6 Å². The second kappa shape index (κ2) is 10.1. The Kier molecular flexibility index (Phi) is 7.73. The minimum Gasteiger partial charge on any atom is -0.365 e. The molecule has 10 heteroatoms. The minimum absolute atomic E-state index is 0.241. The molecule has 2 aliphatic rings. The summed E-state index contributed by atoms with van der Waals surface area (Å²) in [5.74, 6) is -0.509. The van der Waals surface area contributed by atoms with Gasteiger partial charge in [-0.25, -0.2) is 0 Å². The number of nitrogens with zero attached hydrogens (tertiary/aromatic N) is 2. The van der Waals surface area contributed by atoms with Gasteiger partial charge in [0.2, 0.25) is 5.52 Å². The normalized spacial score (nSPS) is 25.6. The first-order valence-corrected chi connectivity index (χ1v) is 15.2. The molecular formula is C23H29Cl2N2O3S3+. The second-order valence-electron chi connectivity index (χ2n) is 8.72. The SMILES string of the molecule is CCC(/C=C1\SC2(CCC(Cl)CC2)CN1CC)=C\c1sc2ccc(Cl)cc2[n+]1CS(=O)(=O)O. The molecule has 0 amide bonds. The number of hydrogen-bond acceptors (Lipinski definition) is 5. The smallest absolute Gasteiger partial charge is 0.326 e. The van der Waals surface area contributed by atoms with E-state index in [0.29, 0.717) is 15.9 Å². The molecule has 0 radical (unpaired) electrons. The first-order valence-electron chi connectivity index (χ1n) is 11.2. The zero-order chi connectivity index (χ0) is 23.8. The van der Waals surface area contributed by atoms with Crippen molar-refractivity contribution in [3.05, 3.63) is 44.9 Å². The number of hydrogen-bond donors (Lipinski definition) is 1. The summed E-state index contributed by atoms with van der Waals surface area (Å²) >= 11 is 16.0. The fraction of sp³-hybridized carbons (Fsp3) is 0.522. The van der Waals surface area contributed by atoms with Gasteiger partial charge in [-0.2, -0.15) is 13.0 Å². The van der Waals surface area contributed by atoms with Gasteiger partial charge in [0, 0.05) is 40.4 Å². The van der Waals surface area contributed by atoms with Crippen LogP contribution < -0.4 is 4.57 Å². The lowest BCUT2D eigenvalue weighted by Gasteiger charge is -2.33. The molecule has 33 heavy (non-hydrogen) atoms. The van der Waals surface area contributed by atoms with Crippen LogP contribution in [0.2, 0.25) is 5.02 Å². The quantitative estimate of drug-likeness (QED) is 0.260.